The van der Waals surface area contributed by atoms with Crippen LogP contribution in [0.2, 0.25) is 0 Å². The molecule has 0 unspecified atom stereocenters. The number of fused-ring (bicyclic) bond motifs is 1. The van der Waals surface area contributed by atoms with Gasteiger partial charge in [-0.05, 0) is 43.0 Å². The van der Waals surface area contributed by atoms with E-state index in [1.165, 1.54) is 25.0 Å². The minimum Gasteiger partial charge on any atom is -0.478 e. The van der Waals surface area contributed by atoms with Crippen molar-refractivity contribution < 1.29 is 9.90 Å². The predicted octanol–water partition coefficient (Wildman–Crippen LogP) is 3.05. The number of nitrogens with zero attached hydrogens (tertiary/aromatic N) is 3. The molecule has 6 heteroatoms. The first kappa shape index (κ1) is 14.8. The number of carbonyl (C=O) groups is 1. The third kappa shape index (κ3) is 3.72. The van der Waals surface area contributed by atoms with Crippen molar-refractivity contribution >= 4 is 28.8 Å². The van der Waals surface area contributed by atoms with Crippen molar-refractivity contribution in [1.82, 2.24) is 15.0 Å². The molecule has 0 saturated carbocycles. The number of hydrogen-bond acceptors (Lipinski definition) is 4. The van der Waals surface area contributed by atoms with Crippen LogP contribution in [0, 0.1) is 0 Å². The number of aryl methyl sites for hydroxylation is 1. The molecule has 5 nitrogen and oxygen atoms in total. The normalized spacial score (nSPS) is 11.1. The molecule has 1 aromatic heterocycles. The fraction of sp³-hybridized carbons (Fsp3) is 0.500. The average molecular weight is 293 g/mol. The lowest BCUT2D eigenvalue weighted by Gasteiger charge is -2.02. The van der Waals surface area contributed by atoms with Crippen LogP contribution >= 0.6 is 11.8 Å². The van der Waals surface area contributed by atoms with Crippen LogP contribution in [0.3, 0.4) is 0 Å². The second-order valence-corrected chi connectivity index (χ2v) is 5.71. The van der Waals surface area contributed by atoms with E-state index < -0.39 is 5.97 Å². The molecule has 0 atom stereocenters. The maximum Gasteiger partial charge on any atom is 0.335 e. The van der Waals surface area contributed by atoms with E-state index in [0.717, 1.165) is 18.5 Å². The summed E-state index contributed by atoms with van der Waals surface area (Å²) < 4.78 is 1.86. The van der Waals surface area contributed by atoms with Gasteiger partial charge in [-0.1, -0.05) is 18.1 Å². The number of aromatic carboxylic acids is 1. The quantitative estimate of drug-likeness (QED) is 0.758. The molecule has 0 bridgehead atoms. The molecule has 1 heterocycles. The van der Waals surface area contributed by atoms with E-state index in [1.54, 1.807) is 18.2 Å². The number of aromatic nitrogens is 3. The van der Waals surface area contributed by atoms with E-state index >= 15 is 0 Å². The minimum absolute atomic E-state index is 0.251. The summed E-state index contributed by atoms with van der Waals surface area (Å²) in [7, 11) is 0. The molecule has 0 saturated heterocycles. The van der Waals surface area contributed by atoms with Crippen molar-refractivity contribution in [2.45, 2.75) is 32.2 Å². The molecule has 0 fully saturated rings. The van der Waals surface area contributed by atoms with Gasteiger partial charge in [0, 0.05) is 6.54 Å². The Morgan fingerprint density at radius 3 is 2.85 bits per heavy atom. The number of carboxylic acid groups (broad SMARTS) is 1. The highest BCUT2D eigenvalue weighted by molar-refractivity contribution is 7.98. The number of thioether (sulfide) groups is 1. The van der Waals surface area contributed by atoms with Crippen molar-refractivity contribution in [3.8, 4) is 0 Å². The summed E-state index contributed by atoms with van der Waals surface area (Å²) in [5.41, 5.74) is 1.80. The lowest BCUT2D eigenvalue weighted by Crippen LogP contribution is -2.01. The van der Waals surface area contributed by atoms with Crippen LogP contribution in [0.1, 0.15) is 36.0 Å². The van der Waals surface area contributed by atoms with Gasteiger partial charge in [-0.2, -0.15) is 11.8 Å². The Balaban J connectivity index is 1.92. The standard InChI is InChI=1S/C14H19N3O2S/c1-20-9-5-3-2-4-8-17-13-7-6-11(14(18)19)10-12(13)15-16-17/h6-7,10H,2-5,8-9H2,1H3,(H,18,19). The number of hydrogen-bond donors (Lipinski definition) is 1. The highest BCUT2D eigenvalue weighted by atomic mass is 32.2. The van der Waals surface area contributed by atoms with E-state index in [4.69, 9.17) is 5.11 Å². The van der Waals surface area contributed by atoms with Gasteiger partial charge in [0.15, 0.2) is 0 Å². The summed E-state index contributed by atoms with van der Waals surface area (Å²) in [5.74, 6) is 0.291. The minimum atomic E-state index is -0.935. The van der Waals surface area contributed by atoms with Gasteiger partial charge in [0.25, 0.3) is 0 Å². The third-order valence-corrected chi connectivity index (χ3v) is 3.93. The fourth-order valence-corrected chi connectivity index (χ4v) is 2.62. The topological polar surface area (TPSA) is 68.0 Å². The first-order chi connectivity index (χ1) is 9.72. The zero-order chi connectivity index (χ0) is 14.4. The number of carboxylic acids is 1. The highest BCUT2D eigenvalue weighted by Gasteiger charge is 2.08. The lowest BCUT2D eigenvalue weighted by molar-refractivity contribution is 0.0697. The summed E-state index contributed by atoms with van der Waals surface area (Å²) in [5, 5.41) is 17.1. The molecule has 1 N–H and O–H groups in total. The molecule has 0 aliphatic rings. The number of benzene rings is 1. The second kappa shape index (κ2) is 7.28. The Bertz CT molecular complexity index is 583. The summed E-state index contributed by atoms with van der Waals surface area (Å²) in [6, 6.07) is 4.95. The van der Waals surface area contributed by atoms with Gasteiger partial charge in [0.1, 0.15) is 5.52 Å². The number of unbranched alkanes of at least 4 members (excludes halogenated alkanes) is 3. The summed E-state index contributed by atoms with van der Waals surface area (Å²) in [6.45, 7) is 0.836. The first-order valence-electron chi connectivity index (χ1n) is 6.78. The molecular formula is C14H19N3O2S. The SMILES string of the molecule is CSCCCCCCn1nnc2cc(C(=O)O)ccc21. The van der Waals surface area contributed by atoms with Crippen LogP contribution in [0.5, 0.6) is 0 Å². The van der Waals surface area contributed by atoms with Crippen LogP contribution in [-0.2, 0) is 6.54 Å². The molecule has 0 aliphatic heterocycles. The van der Waals surface area contributed by atoms with Gasteiger partial charge in [-0.15, -0.1) is 5.10 Å². The van der Waals surface area contributed by atoms with Crippen LogP contribution in [-0.4, -0.2) is 38.1 Å². The molecule has 0 amide bonds. The van der Waals surface area contributed by atoms with Crippen molar-refractivity contribution in [2.24, 2.45) is 0 Å². The van der Waals surface area contributed by atoms with E-state index in [9.17, 15) is 4.79 Å². The Labute approximate surface area is 122 Å². The van der Waals surface area contributed by atoms with Crippen LogP contribution in [0.25, 0.3) is 11.0 Å². The molecule has 0 spiro atoms. The Kier molecular flexibility index (Phi) is 5.40. The maximum atomic E-state index is 10.9. The van der Waals surface area contributed by atoms with Gasteiger partial charge in [0.2, 0.25) is 0 Å². The predicted molar refractivity (Wildman–Crippen MR) is 81.3 cm³/mol. The fourth-order valence-electron chi connectivity index (χ4n) is 2.13. The van der Waals surface area contributed by atoms with Crippen molar-refractivity contribution in [3.63, 3.8) is 0 Å². The zero-order valence-corrected chi connectivity index (χ0v) is 12.4. The van der Waals surface area contributed by atoms with Gasteiger partial charge in [-0.3, -0.25) is 0 Å². The molecule has 0 radical (unpaired) electrons. The number of rotatable bonds is 8. The van der Waals surface area contributed by atoms with Gasteiger partial charge < -0.3 is 5.11 Å². The molecule has 2 rings (SSSR count). The van der Waals surface area contributed by atoms with E-state index in [0.29, 0.717) is 5.52 Å². The van der Waals surface area contributed by atoms with Gasteiger partial charge >= 0.3 is 5.97 Å². The van der Waals surface area contributed by atoms with Gasteiger partial charge in [-0.25, -0.2) is 9.48 Å². The molecule has 108 valence electrons. The highest BCUT2D eigenvalue weighted by Crippen LogP contribution is 2.14. The average Bonchev–Trinajstić information content (AvgIpc) is 2.85. The smallest absolute Gasteiger partial charge is 0.335 e. The monoisotopic (exact) mass is 293 g/mol. The van der Waals surface area contributed by atoms with Crippen LogP contribution in [0.4, 0.5) is 0 Å². The maximum absolute atomic E-state index is 10.9. The summed E-state index contributed by atoms with van der Waals surface area (Å²) in [4.78, 5) is 10.9. The van der Waals surface area contributed by atoms with E-state index in [1.807, 2.05) is 16.4 Å². The molecular weight excluding hydrogens is 274 g/mol. The van der Waals surface area contributed by atoms with Crippen LogP contribution in [0.15, 0.2) is 18.2 Å². The van der Waals surface area contributed by atoms with Crippen LogP contribution < -0.4 is 0 Å². The molecule has 2 aromatic rings. The Hall–Kier alpha value is -1.56. The molecule has 1 aromatic carbocycles. The van der Waals surface area contributed by atoms with E-state index in [2.05, 4.69) is 16.6 Å². The van der Waals surface area contributed by atoms with Crippen molar-refractivity contribution in [3.05, 3.63) is 23.8 Å². The third-order valence-electron chi connectivity index (χ3n) is 3.23. The second-order valence-electron chi connectivity index (χ2n) is 4.73. The Morgan fingerprint density at radius 2 is 2.10 bits per heavy atom. The zero-order valence-electron chi connectivity index (χ0n) is 11.6. The molecule has 0 aliphatic carbocycles. The Morgan fingerprint density at radius 1 is 1.30 bits per heavy atom. The van der Waals surface area contributed by atoms with Crippen molar-refractivity contribution in [2.75, 3.05) is 12.0 Å². The van der Waals surface area contributed by atoms with Crippen molar-refractivity contribution in [1.29, 1.82) is 0 Å². The van der Waals surface area contributed by atoms with Gasteiger partial charge in [0.05, 0.1) is 11.1 Å². The molecule has 20 heavy (non-hydrogen) atoms. The lowest BCUT2D eigenvalue weighted by atomic mass is 10.2. The largest absolute Gasteiger partial charge is 0.478 e. The first-order valence-corrected chi connectivity index (χ1v) is 8.17. The summed E-state index contributed by atoms with van der Waals surface area (Å²) >= 11 is 1.89. The summed E-state index contributed by atoms with van der Waals surface area (Å²) in [6.07, 6.45) is 6.91. The van der Waals surface area contributed by atoms with E-state index in [-0.39, 0.29) is 5.56 Å².